The standard InChI is InChI=1S/C17H18F3N7O/c18-17(19,20)11-3-2-7-26(10-11)14-5-8-27-15(24-14)12(9-22-27)16(28)23-13-4-1-6-21-25-13/h1,4-6,8-9,11,21,25H,2-3,7,10H2,(H,23,28). The van der Waals surface area contributed by atoms with E-state index in [1.165, 1.54) is 10.7 Å². The zero-order valence-corrected chi connectivity index (χ0v) is 14.7. The fourth-order valence-corrected chi connectivity index (χ4v) is 3.26. The molecule has 0 aliphatic carbocycles. The number of nitrogens with zero attached hydrogens (tertiary/aromatic N) is 4. The van der Waals surface area contributed by atoms with Gasteiger partial charge in [0, 0.05) is 25.5 Å². The Morgan fingerprint density at radius 2 is 2.21 bits per heavy atom. The summed E-state index contributed by atoms with van der Waals surface area (Å²) in [6, 6.07) is 1.61. The Kier molecular flexibility index (Phi) is 4.57. The largest absolute Gasteiger partial charge is 0.393 e. The minimum Gasteiger partial charge on any atom is -0.356 e. The van der Waals surface area contributed by atoms with Crippen LogP contribution < -0.4 is 21.1 Å². The molecule has 0 saturated carbocycles. The fourth-order valence-electron chi connectivity index (χ4n) is 3.26. The van der Waals surface area contributed by atoms with Crippen molar-refractivity contribution in [1.29, 1.82) is 0 Å². The van der Waals surface area contributed by atoms with Crippen LogP contribution in [0.15, 0.2) is 42.6 Å². The zero-order valence-electron chi connectivity index (χ0n) is 14.7. The van der Waals surface area contributed by atoms with Crippen molar-refractivity contribution in [3.05, 3.63) is 48.2 Å². The van der Waals surface area contributed by atoms with Gasteiger partial charge in [-0.05, 0) is 31.1 Å². The highest BCUT2D eigenvalue weighted by Crippen LogP contribution is 2.34. The Morgan fingerprint density at radius 1 is 1.36 bits per heavy atom. The molecule has 0 aromatic carbocycles. The van der Waals surface area contributed by atoms with Crippen LogP contribution in [0, 0.1) is 5.92 Å². The van der Waals surface area contributed by atoms with Gasteiger partial charge < -0.3 is 15.6 Å². The summed E-state index contributed by atoms with van der Waals surface area (Å²) in [6.45, 7) is 0.345. The number of nitrogens with one attached hydrogen (secondary N) is 3. The van der Waals surface area contributed by atoms with Crippen LogP contribution in [-0.2, 0) is 0 Å². The lowest BCUT2D eigenvalue weighted by atomic mass is 9.97. The van der Waals surface area contributed by atoms with Crippen LogP contribution in [0.1, 0.15) is 23.2 Å². The van der Waals surface area contributed by atoms with Gasteiger partial charge in [0.1, 0.15) is 17.2 Å². The summed E-state index contributed by atoms with van der Waals surface area (Å²) in [5, 5.41) is 6.78. The fraction of sp³-hybridized carbons (Fsp3) is 0.353. The third-order valence-electron chi connectivity index (χ3n) is 4.70. The van der Waals surface area contributed by atoms with Gasteiger partial charge in [-0.15, -0.1) is 0 Å². The molecule has 2 aliphatic heterocycles. The number of alkyl halides is 3. The van der Waals surface area contributed by atoms with Crippen molar-refractivity contribution in [2.45, 2.75) is 19.0 Å². The number of carbonyl (C=O) groups is 1. The molecule has 8 nitrogen and oxygen atoms in total. The molecule has 148 valence electrons. The van der Waals surface area contributed by atoms with Crippen LogP contribution in [0.25, 0.3) is 5.65 Å². The van der Waals surface area contributed by atoms with Crippen molar-refractivity contribution < 1.29 is 18.0 Å². The number of hydrazine groups is 1. The molecule has 2 aromatic rings. The number of piperidine rings is 1. The maximum Gasteiger partial charge on any atom is 0.393 e. The van der Waals surface area contributed by atoms with Crippen molar-refractivity contribution in [1.82, 2.24) is 30.8 Å². The summed E-state index contributed by atoms with van der Waals surface area (Å²) >= 11 is 0. The van der Waals surface area contributed by atoms with Gasteiger partial charge in [-0.25, -0.2) is 9.50 Å². The first-order valence-electron chi connectivity index (χ1n) is 8.77. The molecule has 0 bridgehead atoms. The molecular formula is C17H18F3N7O. The molecule has 28 heavy (non-hydrogen) atoms. The highest BCUT2D eigenvalue weighted by Gasteiger charge is 2.42. The predicted molar refractivity (Wildman–Crippen MR) is 94.9 cm³/mol. The molecule has 0 spiro atoms. The monoisotopic (exact) mass is 393 g/mol. The summed E-state index contributed by atoms with van der Waals surface area (Å²) in [6.07, 6.45) is 4.34. The maximum atomic E-state index is 13.1. The van der Waals surface area contributed by atoms with Crippen molar-refractivity contribution >= 4 is 17.4 Å². The second-order valence-corrected chi connectivity index (χ2v) is 6.60. The third-order valence-corrected chi connectivity index (χ3v) is 4.70. The number of rotatable bonds is 3. The number of hydrogen-bond donors (Lipinski definition) is 3. The molecular weight excluding hydrogens is 375 g/mol. The normalized spacial score (nSPS) is 19.8. The van der Waals surface area contributed by atoms with E-state index < -0.39 is 18.0 Å². The lowest BCUT2D eigenvalue weighted by molar-refractivity contribution is -0.176. The van der Waals surface area contributed by atoms with Gasteiger partial charge >= 0.3 is 6.18 Å². The van der Waals surface area contributed by atoms with E-state index in [0.29, 0.717) is 24.6 Å². The minimum absolute atomic E-state index is 0.118. The van der Waals surface area contributed by atoms with Gasteiger partial charge in [0.15, 0.2) is 5.65 Å². The van der Waals surface area contributed by atoms with Gasteiger partial charge in [-0.3, -0.25) is 10.2 Å². The number of carbonyl (C=O) groups excluding carboxylic acids is 1. The van der Waals surface area contributed by atoms with Crippen LogP contribution in [0.3, 0.4) is 0 Å². The molecule has 4 rings (SSSR count). The first-order chi connectivity index (χ1) is 13.4. The summed E-state index contributed by atoms with van der Waals surface area (Å²) < 4.78 is 40.7. The number of halogens is 3. The molecule has 11 heteroatoms. The van der Waals surface area contributed by atoms with Crippen molar-refractivity contribution in [3.8, 4) is 0 Å². The van der Waals surface area contributed by atoms with Crippen molar-refractivity contribution in [2.24, 2.45) is 5.92 Å². The topological polar surface area (TPSA) is 86.6 Å². The Labute approximate surface area is 158 Å². The molecule has 1 amide bonds. The quantitative estimate of drug-likeness (QED) is 0.736. The van der Waals surface area contributed by atoms with Crippen molar-refractivity contribution in [2.75, 3.05) is 18.0 Å². The van der Waals surface area contributed by atoms with E-state index in [1.807, 2.05) is 0 Å². The number of anilines is 1. The van der Waals surface area contributed by atoms with E-state index in [0.717, 1.165) is 0 Å². The van der Waals surface area contributed by atoms with E-state index in [9.17, 15) is 18.0 Å². The summed E-state index contributed by atoms with van der Waals surface area (Å²) in [5.41, 5.74) is 6.02. The van der Waals surface area contributed by atoms with Crippen LogP contribution in [0.4, 0.5) is 19.0 Å². The van der Waals surface area contributed by atoms with Gasteiger partial charge in [0.2, 0.25) is 0 Å². The molecule has 3 N–H and O–H groups in total. The first kappa shape index (κ1) is 18.1. The second kappa shape index (κ2) is 7.06. The molecule has 0 radical (unpaired) electrons. The number of hydrogen-bond acceptors (Lipinski definition) is 6. The highest BCUT2D eigenvalue weighted by atomic mass is 19.4. The Balaban J connectivity index is 1.58. The van der Waals surface area contributed by atoms with E-state index in [-0.39, 0.29) is 24.2 Å². The Bertz CT molecular complexity index is 950. The Hall–Kier alpha value is -3.24. The molecule has 1 unspecified atom stereocenters. The lowest BCUT2D eigenvalue weighted by Gasteiger charge is -2.34. The summed E-state index contributed by atoms with van der Waals surface area (Å²) in [5.74, 6) is -0.957. The second-order valence-electron chi connectivity index (χ2n) is 6.60. The molecule has 2 aromatic heterocycles. The van der Waals surface area contributed by atoms with Crippen LogP contribution in [-0.4, -0.2) is 39.8 Å². The number of amides is 1. The first-order valence-corrected chi connectivity index (χ1v) is 8.77. The molecule has 1 fully saturated rings. The van der Waals surface area contributed by atoms with E-state index in [2.05, 4.69) is 26.3 Å². The lowest BCUT2D eigenvalue weighted by Crippen LogP contribution is -2.42. The number of fused-ring (bicyclic) bond motifs is 1. The molecule has 4 heterocycles. The predicted octanol–water partition coefficient (Wildman–Crippen LogP) is 1.70. The van der Waals surface area contributed by atoms with Crippen molar-refractivity contribution in [3.63, 3.8) is 0 Å². The molecule has 1 atom stereocenters. The number of aromatic nitrogens is 3. The van der Waals surface area contributed by atoms with E-state index in [1.54, 1.807) is 35.5 Å². The van der Waals surface area contributed by atoms with Crippen LogP contribution in [0.5, 0.6) is 0 Å². The van der Waals surface area contributed by atoms with Gasteiger partial charge in [0.25, 0.3) is 5.91 Å². The number of allylic oxidation sites excluding steroid dienone is 2. The molecule has 2 aliphatic rings. The molecule has 1 saturated heterocycles. The van der Waals surface area contributed by atoms with Gasteiger partial charge in [-0.2, -0.15) is 18.3 Å². The zero-order chi connectivity index (χ0) is 19.7. The summed E-state index contributed by atoms with van der Waals surface area (Å²) in [4.78, 5) is 18.6. The SMILES string of the molecule is O=C(NC1=CC=CNN1)c1cnn2ccc(N3CCCC(C(F)(F)F)C3)nc12. The van der Waals surface area contributed by atoms with Crippen LogP contribution in [0.2, 0.25) is 0 Å². The minimum atomic E-state index is -4.23. The maximum absolute atomic E-state index is 13.1. The summed E-state index contributed by atoms with van der Waals surface area (Å²) in [7, 11) is 0. The average Bonchev–Trinajstić information content (AvgIpc) is 3.11. The third kappa shape index (κ3) is 3.59. The Morgan fingerprint density at radius 3 is 2.96 bits per heavy atom. The van der Waals surface area contributed by atoms with E-state index >= 15 is 0 Å². The van der Waals surface area contributed by atoms with Gasteiger partial charge in [0.05, 0.1) is 12.1 Å². The van der Waals surface area contributed by atoms with Crippen LogP contribution >= 0.6 is 0 Å². The average molecular weight is 393 g/mol. The highest BCUT2D eigenvalue weighted by molar-refractivity contribution is 6.00. The smallest absolute Gasteiger partial charge is 0.356 e. The van der Waals surface area contributed by atoms with E-state index in [4.69, 9.17) is 0 Å². The van der Waals surface area contributed by atoms with Gasteiger partial charge in [-0.1, -0.05) is 0 Å².